The molecule has 0 aliphatic heterocycles. The number of benzene rings is 1. The van der Waals surface area contributed by atoms with Crippen molar-refractivity contribution in [2.75, 3.05) is 18.6 Å². The molecule has 0 atom stereocenters. The summed E-state index contributed by atoms with van der Waals surface area (Å²) < 4.78 is 6.33. The maximum absolute atomic E-state index is 11.7. The summed E-state index contributed by atoms with van der Waals surface area (Å²) >= 11 is 1.47. The van der Waals surface area contributed by atoms with Crippen molar-refractivity contribution in [1.29, 1.82) is 5.26 Å². The molecule has 6 nitrogen and oxygen atoms in total. The van der Waals surface area contributed by atoms with E-state index in [-0.39, 0.29) is 18.0 Å². The minimum absolute atomic E-state index is 0.0512. The number of nitrogens with two attached hydrogens (primary N) is 1. The van der Waals surface area contributed by atoms with Gasteiger partial charge in [-0.25, -0.2) is 9.48 Å². The molecule has 0 saturated heterocycles. The van der Waals surface area contributed by atoms with Gasteiger partial charge in [-0.2, -0.15) is 10.4 Å². The minimum atomic E-state index is -0.576. The number of thioether (sulfide) groups is 1. The van der Waals surface area contributed by atoms with Crippen LogP contribution in [0.5, 0.6) is 0 Å². The Morgan fingerprint density at radius 1 is 1.57 bits per heavy atom. The van der Waals surface area contributed by atoms with Gasteiger partial charge in [0.05, 0.1) is 29.7 Å². The van der Waals surface area contributed by atoms with Gasteiger partial charge in [-0.3, -0.25) is 0 Å². The van der Waals surface area contributed by atoms with E-state index < -0.39 is 5.97 Å². The Labute approximate surface area is 126 Å². The van der Waals surface area contributed by atoms with Gasteiger partial charge in [0.25, 0.3) is 0 Å². The van der Waals surface area contributed by atoms with Gasteiger partial charge < -0.3 is 10.5 Å². The highest BCUT2D eigenvalue weighted by molar-refractivity contribution is 7.98. The van der Waals surface area contributed by atoms with E-state index in [1.54, 1.807) is 13.0 Å². The number of anilines is 1. The molecule has 0 saturated carbocycles. The third kappa shape index (κ3) is 2.85. The summed E-state index contributed by atoms with van der Waals surface area (Å²) in [5.41, 5.74) is 7.13. The van der Waals surface area contributed by atoms with Gasteiger partial charge in [0, 0.05) is 4.90 Å². The zero-order valence-electron chi connectivity index (χ0n) is 11.7. The second-order valence-electron chi connectivity index (χ2n) is 4.06. The Morgan fingerprint density at radius 2 is 2.33 bits per heavy atom. The lowest BCUT2D eigenvalue weighted by Gasteiger charge is -2.07. The minimum Gasteiger partial charge on any atom is -0.461 e. The third-order valence-electron chi connectivity index (χ3n) is 2.79. The SMILES string of the molecule is CCOC(=O)c1nn(-c2cccc(SC)c2C#N)cc1N. The fraction of sp³-hybridized carbons (Fsp3) is 0.214. The molecule has 0 spiro atoms. The van der Waals surface area contributed by atoms with Crippen LogP contribution >= 0.6 is 11.8 Å². The van der Waals surface area contributed by atoms with E-state index in [0.29, 0.717) is 11.3 Å². The second-order valence-corrected chi connectivity index (χ2v) is 4.91. The quantitative estimate of drug-likeness (QED) is 0.687. The number of esters is 1. The van der Waals surface area contributed by atoms with E-state index in [0.717, 1.165) is 4.90 Å². The molecule has 0 amide bonds. The molecule has 108 valence electrons. The predicted octanol–water partition coefficient (Wildman–Crippen LogP) is 2.22. The third-order valence-corrected chi connectivity index (χ3v) is 3.57. The number of nitrogens with zero attached hydrogens (tertiary/aromatic N) is 3. The summed E-state index contributed by atoms with van der Waals surface area (Å²) in [6, 6.07) is 7.58. The van der Waals surface area contributed by atoms with Crippen molar-refractivity contribution in [3.05, 3.63) is 35.7 Å². The zero-order chi connectivity index (χ0) is 15.4. The Kier molecular flexibility index (Phi) is 4.50. The Balaban J connectivity index is 2.52. The van der Waals surface area contributed by atoms with Crippen molar-refractivity contribution >= 4 is 23.4 Å². The van der Waals surface area contributed by atoms with Crippen molar-refractivity contribution in [1.82, 2.24) is 9.78 Å². The predicted molar refractivity (Wildman–Crippen MR) is 80.4 cm³/mol. The summed E-state index contributed by atoms with van der Waals surface area (Å²) in [6.07, 6.45) is 3.40. The van der Waals surface area contributed by atoms with Crippen molar-refractivity contribution in [2.45, 2.75) is 11.8 Å². The molecule has 0 radical (unpaired) electrons. The Morgan fingerprint density at radius 3 is 2.95 bits per heavy atom. The molecule has 21 heavy (non-hydrogen) atoms. The lowest BCUT2D eigenvalue weighted by molar-refractivity contribution is 0.0520. The lowest BCUT2D eigenvalue weighted by atomic mass is 10.2. The first kappa shape index (κ1) is 14.9. The number of aromatic nitrogens is 2. The summed E-state index contributed by atoms with van der Waals surface area (Å²) in [5.74, 6) is -0.576. The van der Waals surface area contributed by atoms with E-state index in [1.807, 2.05) is 18.4 Å². The van der Waals surface area contributed by atoms with Crippen LogP contribution in [0, 0.1) is 11.3 Å². The van der Waals surface area contributed by atoms with Crippen LogP contribution in [-0.2, 0) is 4.74 Å². The highest BCUT2D eigenvalue weighted by atomic mass is 32.2. The molecule has 2 rings (SSSR count). The average molecular weight is 302 g/mol. The maximum atomic E-state index is 11.7. The molecule has 1 aromatic heterocycles. The lowest BCUT2D eigenvalue weighted by Crippen LogP contribution is -2.08. The first-order valence-corrected chi connectivity index (χ1v) is 7.44. The smallest absolute Gasteiger partial charge is 0.361 e. The second kappa shape index (κ2) is 6.33. The highest BCUT2D eigenvalue weighted by Gasteiger charge is 2.18. The molecule has 0 bridgehead atoms. The largest absolute Gasteiger partial charge is 0.461 e. The topological polar surface area (TPSA) is 93.9 Å². The number of hydrogen-bond donors (Lipinski definition) is 1. The van der Waals surface area contributed by atoms with Gasteiger partial charge in [-0.05, 0) is 25.3 Å². The fourth-order valence-electron chi connectivity index (χ4n) is 1.86. The van der Waals surface area contributed by atoms with Crippen LogP contribution < -0.4 is 5.73 Å². The first-order chi connectivity index (χ1) is 10.1. The summed E-state index contributed by atoms with van der Waals surface area (Å²) in [7, 11) is 0. The van der Waals surface area contributed by atoms with Gasteiger partial charge in [0.1, 0.15) is 6.07 Å². The highest BCUT2D eigenvalue weighted by Crippen LogP contribution is 2.26. The molecular weight excluding hydrogens is 288 g/mol. The molecule has 0 unspecified atom stereocenters. The van der Waals surface area contributed by atoms with Crippen LogP contribution in [0.25, 0.3) is 5.69 Å². The molecule has 1 heterocycles. The number of rotatable bonds is 4. The van der Waals surface area contributed by atoms with Gasteiger partial charge in [0.2, 0.25) is 0 Å². The van der Waals surface area contributed by atoms with Crippen molar-refractivity contribution in [3.63, 3.8) is 0 Å². The first-order valence-electron chi connectivity index (χ1n) is 6.22. The van der Waals surface area contributed by atoms with E-state index in [2.05, 4.69) is 11.2 Å². The molecule has 0 fully saturated rings. The summed E-state index contributed by atoms with van der Waals surface area (Å²) in [4.78, 5) is 12.6. The van der Waals surface area contributed by atoms with Crippen LogP contribution in [0.2, 0.25) is 0 Å². The normalized spacial score (nSPS) is 10.1. The van der Waals surface area contributed by atoms with Gasteiger partial charge in [0.15, 0.2) is 5.69 Å². The maximum Gasteiger partial charge on any atom is 0.361 e. The number of nitriles is 1. The van der Waals surface area contributed by atoms with Crippen LogP contribution in [0.15, 0.2) is 29.3 Å². The van der Waals surface area contributed by atoms with Crippen molar-refractivity contribution < 1.29 is 9.53 Å². The van der Waals surface area contributed by atoms with E-state index in [9.17, 15) is 10.1 Å². The molecule has 7 heteroatoms. The molecule has 0 aliphatic carbocycles. The van der Waals surface area contributed by atoms with Crippen molar-refractivity contribution in [2.24, 2.45) is 0 Å². The molecular formula is C14H14N4O2S. The molecule has 2 aromatic rings. The number of nitrogen functional groups attached to an aromatic ring is 1. The molecule has 0 aliphatic rings. The van der Waals surface area contributed by atoms with Gasteiger partial charge in [-0.15, -0.1) is 11.8 Å². The zero-order valence-corrected chi connectivity index (χ0v) is 12.5. The average Bonchev–Trinajstić information content (AvgIpc) is 2.88. The van der Waals surface area contributed by atoms with Crippen LogP contribution in [0.1, 0.15) is 23.0 Å². The van der Waals surface area contributed by atoms with Gasteiger partial charge in [-0.1, -0.05) is 6.07 Å². The van der Waals surface area contributed by atoms with Crippen molar-refractivity contribution in [3.8, 4) is 11.8 Å². The Hall–Kier alpha value is -2.46. The number of ether oxygens (including phenoxy) is 1. The fourth-order valence-corrected chi connectivity index (χ4v) is 2.43. The Bertz CT molecular complexity index is 718. The van der Waals surface area contributed by atoms with Crippen LogP contribution in [-0.4, -0.2) is 28.6 Å². The summed E-state index contributed by atoms with van der Waals surface area (Å²) in [6.45, 7) is 1.96. The number of carbonyl (C=O) groups excluding carboxylic acids is 1. The monoisotopic (exact) mass is 302 g/mol. The number of carbonyl (C=O) groups is 1. The van der Waals surface area contributed by atoms with Crippen LogP contribution in [0.4, 0.5) is 5.69 Å². The van der Waals surface area contributed by atoms with E-state index in [4.69, 9.17) is 10.5 Å². The molecule has 2 N–H and O–H groups in total. The standard InChI is InChI=1S/C14H14N4O2S/c1-3-20-14(19)13-10(16)8-18(17-13)11-5-4-6-12(21-2)9(11)7-15/h4-6,8H,3,16H2,1-2H3. The van der Waals surface area contributed by atoms with E-state index >= 15 is 0 Å². The molecule has 1 aromatic carbocycles. The van der Waals surface area contributed by atoms with Gasteiger partial charge >= 0.3 is 5.97 Å². The number of hydrogen-bond acceptors (Lipinski definition) is 6. The van der Waals surface area contributed by atoms with Crippen LogP contribution in [0.3, 0.4) is 0 Å². The van der Waals surface area contributed by atoms with E-state index in [1.165, 1.54) is 22.6 Å². The summed E-state index contributed by atoms with van der Waals surface area (Å²) in [5, 5.41) is 13.5.